The predicted molar refractivity (Wildman–Crippen MR) is 61.5 cm³/mol. The fourth-order valence-corrected chi connectivity index (χ4v) is 1.94. The minimum Gasteiger partial charge on any atom is -0.465 e. The van der Waals surface area contributed by atoms with Crippen LogP contribution in [0.1, 0.15) is 45.4 Å². The highest BCUT2D eigenvalue weighted by atomic mass is 16.5. The van der Waals surface area contributed by atoms with Crippen LogP contribution in [0.5, 0.6) is 0 Å². The Morgan fingerprint density at radius 3 is 3.00 bits per heavy atom. The molecule has 0 aliphatic heterocycles. The molecule has 0 saturated carbocycles. The highest BCUT2D eigenvalue weighted by Gasteiger charge is 2.19. The van der Waals surface area contributed by atoms with E-state index in [1.165, 1.54) is 18.4 Å². The number of nitrogens with zero attached hydrogens (tertiary/aromatic N) is 1. The van der Waals surface area contributed by atoms with Crippen LogP contribution in [0.3, 0.4) is 0 Å². The predicted octanol–water partition coefficient (Wildman–Crippen LogP) is 2.97. The van der Waals surface area contributed by atoms with E-state index in [-0.39, 0.29) is 5.97 Å². The number of hydrogen-bond acceptors (Lipinski definition) is 3. The maximum atomic E-state index is 11.4. The number of hydrogen-bond donors (Lipinski definition) is 0. The van der Waals surface area contributed by atoms with Gasteiger partial charge < -0.3 is 4.74 Å². The van der Waals surface area contributed by atoms with Crippen LogP contribution in [0.25, 0.3) is 0 Å². The number of nitriles is 1. The third kappa shape index (κ3) is 4.06. The fourth-order valence-electron chi connectivity index (χ4n) is 1.94. The van der Waals surface area contributed by atoms with E-state index in [2.05, 4.69) is 6.08 Å². The van der Waals surface area contributed by atoms with Crippen molar-refractivity contribution in [3.05, 3.63) is 11.6 Å². The van der Waals surface area contributed by atoms with Gasteiger partial charge in [0.2, 0.25) is 0 Å². The lowest BCUT2D eigenvalue weighted by Crippen LogP contribution is -2.16. The van der Waals surface area contributed by atoms with Crippen LogP contribution in [0.2, 0.25) is 0 Å². The van der Waals surface area contributed by atoms with Gasteiger partial charge in [0.1, 0.15) is 5.92 Å². The molecule has 3 heteroatoms. The lowest BCUT2D eigenvalue weighted by atomic mass is 9.93. The van der Waals surface area contributed by atoms with E-state index >= 15 is 0 Å². The molecule has 88 valence electrons. The zero-order valence-electron chi connectivity index (χ0n) is 9.87. The van der Waals surface area contributed by atoms with E-state index in [9.17, 15) is 4.79 Å². The fraction of sp³-hybridized carbons (Fsp3) is 0.692. The molecule has 0 spiro atoms. The Labute approximate surface area is 97.1 Å². The lowest BCUT2D eigenvalue weighted by Gasteiger charge is -2.13. The van der Waals surface area contributed by atoms with Gasteiger partial charge in [0.25, 0.3) is 0 Å². The first-order valence-corrected chi connectivity index (χ1v) is 6.02. The van der Waals surface area contributed by atoms with Gasteiger partial charge in [0, 0.05) is 0 Å². The van der Waals surface area contributed by atoms with E-state index in [0.717, 1.165) is 19.3 Å². The largest absolute Gasteiger partial charge is 0.465 e. The van der Waals surface area contributed by atoms with Gasteiger partial charge in [-0.3, -0.25) is 4.79 Å². The van der Waals surface area contributed by atoms with Crippen molar-refractivity contribution in [1.29, 1.82) is 5.26 Å². The van der Waals surface area contributed by atoms with Crippen molar-refractivity contribution in [3.8, 4) is 6.07 Å². The molecule has 0 bridgehead atoms. The second kappa shape index (κ2) is 7.05. The van der Waals surface area contributed by atoms with E-state index < -0.39 is 5.92 Å². The normalized spacial score (nSPS) is 17.1. The van der Waals surface area contributed by atoms with Crippen LogP contribution in [0.15, 0.2) is 11.6 Å². The molecular weight excluding hydrogens is 202 g/mol. The van der Waals surface area contributed by atoms with Gasteiger partial charge in [-0.2, -0.15) is 5.26 Å². The highest BCUT2D eigenvalue weighted by Crippen LogP contribution is 2.23. The summed E-state index contributed by atoms with van der Waals surface area (Å²) in [6, 6.07) is 2.02. The molecule has 0 fully saturated rings. The second-order valence-electron chi connectivity index (χ2n) is 4.08. The molecule has 0 aromatic heterocycles. The summed E-state index contributed by atoms with van der Waals surface area (Å²) in [5, 5.41) is 8.88. The Balaban J connectivity index is 2.36. The summed E-state index contributed by atoms with van der Waals surface area (Å²) in [5.74, 6) is -0.968. The molecule has 1 aliphatic carbocycles. The Morgan fingerprint density at radius 1 is 1.62 bits per heavy atom. The Kier molecular flexibility index (Phi) is 5.63. The van der Waals surface area contributed by atoms with Crippen molar-refractivity contribution in [3.63, 3.8) is 0 Å². The first kappa shape index (κ1) is 12.8. The third-order valence-electron chi connectivity index (χ3n) is 2.87. The van der Waals surface area contributed by atoms with E-state index in [0.29, 0.717) is 13.0 Å². The summed E-state index contributed by atoms with van der Waals surface area (Å²) in [5.41, 5.74) is 1.40. The summed E-state index contributed by atoms with van der Waals surface area (Å²) in [4.78, 5) is 11.4. The summed E-state index contributed by atoms with van der Waals surface area (Å²) < 4.78 is 4.85. The van der Waals surface area contributed by atoms with E-state index in [4.69, 9.17) is 10.00 Å². The highest BCUT2D eigenvalue weighted by molar-refractivity contribution is 5.75. The van der Waals surface area contributed by atoms with Crippen LogP contribution in [-0.2, 0) is 9.53 Å². The minimum atomic E-state index is -0.595. The summed E-state index contributed by atoms with van der Waals surface area (Å²) in [6.45, 7) is 2.11. The van der Waals surface area contributed by atoms with Gasteiger partial charge in [-0.25, -0.2) is 0 Å². The zero-order valence-corrected chi connectivity index (χ0v) is 9.87. The molecule has 1 atom stereocenters. The molecule has 0 heterocycles. The van der Waals surface area contributed by atoms with E-state index in [1.54, 1.807) is 6.92 Å². The number of esters is 1. The van der Waals surface area contributed by atoms with Crippen LogP contribution >= 0.6 is 0 Å². The van der Waals surface area contributed by atoms with Crippen molar-refractivity contribution in [2.24, 2.45) is 5.92 Å². The van der Waals surface area contributed by atoms with E-state index in [1.807, 2.05) is 6.07 Å². The van der Waals surface area contributed by atoms with Crippen LogP contribution in [0.4, 0.5) is 0 Å². The molecule has 0 amide bonds. The summed E-state index contributed by atoms with van der Waals surface area (Å²) in [7, 11) is 0. The molecule has 0 aromatic rings. The molecule has 0 saturated heterocycles. The topological polar surface area (TPSA) is 50.1 Å². The summed E-state index contributed by atoms with van der Waals surface area (Å²) in [6.07, 6.45) is 8.49. The monoisotopic (exact) mass is 221 g/mol. The molecule has 3 nitrogen and oxygen atoms in total. The second-order valence-corrected chi connectivity index (χ2v) is 4.08. The molecule has 1 rings (SSSR count). The summed E-state index contributed by atoms with van der Waals surface area (Å²) >= 11 is 0. The van der Waals surface area contributed by atoms with Gasteiger partial charge in [-0.1, -0.05) is 11.6 Å². The van der Waals surface area contributed by atoms with Crippen molar-refractivity contribution < 1.29 is 9.53 Å². The molecule has 1 aliphatic rings. The van der Waals surface area contributed by atoms with Crippen LogP contribution in [0, 0.1) is 17.2 Å². The number of carbonyl (C=O) groups is 1. The molecule has 0 N–H and O–H groups in total. The van der Waals surface area contributed by atoms with Gasteiger partial charge >= 0.3 is 5.97 Å². The van der Waals surface area contributed by atoms with Crippen molar-refractivity contribution in [2.45, 2.75) is 45.4 Å². The Morgan fingerprint density at radius 2 is 2.44 bits per heavy atom. The molecule has 16 heavy (non-hydrogen) atoms. The van der Waals surface area contributed by atoms with Gasteiger partial charge in [-0.05, 0) is 45.4 Å². The van der Waals surface area contributed by atoms with Gasteiger partial charge in [0.05, 0.1) is 12.7 Å². The van der Waals surface area contributed by atoms with Gasteiger partial charge in [0.15, 0.2) is 0 Å². The third-order valence-corrected chi connectivity index (χ3v) is 2.87. The van der Waals surface area contributed by atoms with Gasteiger partial charge in [-0.15, -0.1) is 0 Å². The minimum absolute atomic E-state index is 0.347. The molecule has 0 radical (unpaired) electrons. The van der Waals surface area contributed by atoms with Crippen molar-refractivity contribution >= 4 is 5.97 Å². The smallest absolute Gasteiger partial charge is 0.323 e. The maximum absolute atomic E-state index is 11.4. The number of rotatable bonds is 5. The number of carbonyl (C=O) groups excluding carboxylic acids is 1. The molecular formula is C13H19NO2. The zero-order chi connectivity index (χ0) is 11.8. The van der Waals surface area contributed by atoms with Crippen molar-refractivity contribution in [1.82, 2.24) is 0 Å². The SMILES string of the molecule is CCOC(=O)C(C#N)CCC1=CCCCC1. The van der Waals surface area contributed by atoms with Crippen LogP contribution < -0.4 is 0 Å². The first-order valence-electron chi connectivity index (χ1n) is 6.02. The average molecular weight is 221 g/mol. The first-order chi connectivity index (χ1) is 7.77. The number of allylic oxidation sites excluding steroid dienone is 2. The maximum Gasteiger partial charge on any atom is 0.323 e. The van der Waals surface area contributed by atoms with Crippen molar-refractivity contribution in [2.75, 3.05) is 6.61 Å². The standard InChI is InChI=1S/C13H19NO2/c1-2-16-13(15)12(10-14)9-8-11-6-4-3-5-7-11/h6,12H,2-5,7-9H2,1H3. The molecule has 0 aromatic carbocycles. The average Bonchev–Trinajstić information content (AvgIpc) is 2.31. The Hall–Kier alpha value is -1.30. The van der Waals surface area contributed by atoms with Crippen LogP contribution in [-0.4, -0.2) is 12.6 Å². The Bertz CT molecular complexity index is 302. The number of ether oxygens (including phenoxy) is 1. The quantitative estimate of drug-likeness (QED) is 0.529. The lowest BCUT2D eigenvalue weighted by molar-refractivity contribution is -0.146. The molecule has 1 unspecified atom stereocenters.